The van der Waals surface area contributed by atoms with Crippen molar-refractivity contribution >= 4 is 34.9 Å². The normalized spacial score (nSPS) is 11.2. The zero-order valence-electron chi connectivity index (χ0n) is 6.66. The average molecular weight is 221 g/mol. The lowest BCUT2D eigenvalue weighted by atomic mass is 10.6. The highest BCUT2D eigenvalue weighted by Gasteiger charge is 1.97. The van der Waals surface area contributed by atoms with E-state index < -0.39 is 0 Å². The minimum atomic E-state index is 0.579. The number of nitrogens with zero attached hydrogens (tertiary/aromatic N) is 2. The zero-order chi connectivity index (χ0) is 8.81. The average Bonchev–Trinajstić information content (AvgIpc) is 2.45. The number of aromatic nitrogens is 2. The molecule has 0 aromatic carbocycles. The molecule has 1 aromatic rings. The van der Waals surface area contributed by atoms with Gasteiger partial charge in [-0.25, -0.2) is 4.98 Å². The molecular formula is C7H9ClN2S2. The van der Waals surface area contributed by atoms with E-state index in [4.69, 9.17) is 11.6 Å². The predicted molar refractivity (Wildman–Crippen MR) is 55.2 cm³/mol. The van der Waals surface area contributed by atoms with Gasteiger partial charge in [0, 0.05) is 11.6 Å². The largest absolute Gasteiger partial charge is 0.213 e. The highest BCUT2D eigenvalue weighted by Crippen LogP contribution is 2.19. The van der Waals surface area contributed by atoms with Crippen molar-refractivity contribution in [3.63, 3.8) is 0 Å². The van der Waals surface area contributed by atoms with E-state index in [1.165, 1.54) is 11.5 Å². The summed E-state index contributed by atoms with van der Waals surface area (Å²) in [6, 6.07) is 0. The molecule has 1 aromatic heterocycles. The first-order valence-corrected chi connectivity index (χ1v) is 5.76. The van der Waals surface area contributed by atoms with E-state index in [-0.39, 0.29) is 0 Å². The number of aryl methyl sites for hydroxylation is 1. The van der Waals surface area contributed by atoms with Crippen molar-refractivity contribution < 1.29 is 0 Å². The van der Waals surface area contributed by atoms with Gasteiger partial charge in [-0.1, -0.05) is 23.9 Å². The summed E-state index contributed by atoms with van der Waals surface area (Å²) in [5, 5.41) is 0. The molecule has 1 heterocycles. The fourth-order valence-electron chi connectivity index (χ4n) is 0.587. The minimum absolute atomic E-state index is 0.579. The summed E-state index contributed by atoms with van der Waals surface area (Å²) >= 11 is 8.59. The Kier molecular flexibility index (Phi) is 4.65. The Morgan fingerprint density at radius 2 is 2.42 bits per heavy atom. The number of halogens is 1. The van der Waals surface area contributed by atoms with E-state index in [1.807, 2.05) is 19.1 Å². The van der Waals surface area contributed by atoms with Gasteiger partial charge in [0.15, 0.2) is 4.34 Å². The first-order chi connectivity index (χ1) is 5.83. The minimum Gasteiger partial charge on any atom is -0.213 e. The summed E-state index contributed by atoms with van der Waals surface area (Å²) in [6.07, 6.45) is 3.97. The maximum absolute atomic E-state index is 5.47. The second-order valence-electron chi connectivity index (χ2n) is 2.04. The van der Waals surface area contributed by atoms with E-state index in [9.17, 15) is 0 Å². The van der Waals surface area contributed by atoms with Gasteiger partial charge in [-0.2, -0.15) is 4.37 Å². The molecule has 0 spiro atoms. The van der Waals surface area contributed by atoms with Gasteiger partial charge in [0.05, 0.1) is 0 Å². The summed E-state index contributed by atoms with van der Waals surface area (Å²) in [5.41, 5.74) is 0. The number of allylic oxidation sites excluding steroid dienone is 1. The van der Waals surface area contributed by atoms with Crippen LogP contribution in [0.25, 0.3) is 0 Å². The Hall–Kier alpha value is -0.0600. The maximum Gasteiger partial charge on any atom is 0.170 e. The molecule has 0 radical (unpaired) electrons. The van der Waals surface area contributed by atoms with Gasteiger partial charge >= 0.3 is 0 Å². The second kappa shape index (κ2) is 5.56. The monoisotopic (exact) mass is 220 g/mol. The van der Waals surface area contributed by atoms with Crippen LogP contribution >= 0.6 is 34.9 Å². The molecule has 0 fully saturated rings. The molecule has 0 bridgehead atoms. The Morgan fingerprint density at radius 1 is 1.58 bits per heavy atom. The van der Waals surface area contributed by atoms with Crippen LogP contribution in [0.15, 0.2) is 16.5 Å². The highest BCUT2D eigenvalue weighted by atomic mass is 35.5. The SMILES string of the molecule is Cc1nsc(SCC=CCCl)n1. The van der Waals surface area contributed by atoms with E-state index in [0.717, 1.165) is 15.9 Å². The van der Waals surface area contributed by atoms with Crippen LogP contribution in [0.4, 0.5) is 0 Å². The Balaban J connectivity index is 2.28. The third kappa shape index (κ3) is 3.56. The van der Waals surface area contributed by atoms with Crippen LogP contribution in [0, 0.1) is 6.92 Å². The maximum atomic E-state index is 5.47. The third-order valence-electron chi connectivity index (χ3n) is 1.07. The third-order valence-corrected chi connectivity index (χ3v) is 3.12. The fraction of sp³-hybridized carbons (Fsp3) is 0.429. The van der Waals surface area contributed by atoms with Crippen molar-refractivity contribution in [1.29, 1.82) is 0 Å². The molecule has 0 aliphatic heterocycles. The number of rotatable bonds is 4. The molecule has 0 unspecified atom stereocenters. The van der Waals surface area contributed by atoms with Crippen LogP contribution in [0.3, 0.4) is 0 Å². The number of alkyl halides is 1. The van der Waals surface area contributed by atoms with E-state index >= 15 is 0 Å². The molecule has 1 rings (SSSR count). The van der Waals surface area contributed by atoms with E-state index in [2.05, 4.69) is 9.36 Å². The summed E-state index contributed by atoms with van der Waals surface area (Å²) < 4.78 is 5.10. The standard InChI is InChI=1S/C7H9ClN2S2/c1-6-9-7(12-10-6)11-5-3-2-4-8/h2-3H,4-5H2,1H3. The summed E-state index contributed by atoms with van der Waals surface area (Å²) in [7, 11) is 0. The molecular weight excluding hydrogens is 212 g/mol. The van der Waals surface area contributed by atoms with Crippen LogP contribution in [0.2, 0.25) is 0 Å². The summed E-state index contributed by atoms with van der Waals surface area (Å²) in [5.74, 6) is 2.35. The zero-order valence-corrected chi connectivity index (χ0v) is 9.05. The predicted octanol–water partition coefficient (Wildman–Crippen LogP) is 2.73. The van der Waals surface area contributed by atoms with Gasteiger partial charge in [0.1, 0.15) is 5.82 Å². The van der Waals surface area contributed by atoms with Gasteiger partial charge in [-0.3, -0.25) is 0 Å². The van der Waals surface area contributed by atoms with Gasteiger partial charge < -0.3 is 0 Å². The molecule has 0 saturated heterocycles. The van der Waals surface area contributed by atoms with Crippen molar-refractivity contribution in [3.05, 3.63) is 18.0 Å². The molecule has 2 nitrogen and oxygen atoms in total. The van der Waals surface area contributed by atoms with Crippen LogP contribution in [0.5, 0.6) is 0 Å². The van der Waals surface area contributed by atoms with Gasteiger partial charge in [0.25, 0.3) is 0 Å². The van der Waals surface area contributed by atoms with Crippen molar-refractivity contribution in [2.75, 3.05) is 11.6 Å². The van der Waals surface area contributed by atoms with Crippen molar-refractivity contribution in [2.24, 2.45) is 0 Å². The molecule has 12 heavy (non-hydrogen) atoms. The highest BCUT2D eigenvalue weighted by molar-refractivity contribution is 8.01. The number of hydrogen-bond acceptors (Lipinski definition) is 4. The van der Waals surface area contributed by atoms with Gasteiger partial charge in [-0.05, 0) is 18.5 Å². The van der Waals surface area contributed by atoms with Gasteiger partial charge in [0.2, 0.25) is 0 Å². The first kappa shape index (κ1) is 10.0. The lowest BCUT2D eigenvalue weighted by molar-refractivity contribution is 1.10. The quantitative estimate of drug-likeness (QED) is 0.443. The van der Waals surface area contributed by atoms with E-state index in [1.54, 1.807) is 11.8 Å². The van der Waals surface area contributed by atoms with Crippen molar-refractivity contribution in [1.82, 2.24) is 9.36 Å². The molecule has 0 aliphatic rings. The molecule has 0 N–H and O–H groups in total. The molecule has 0 amide bonds. The Bertz CT molecular complexity index is 260. The van der Waals surface area contributed by atoms with Crippen LogP contribution in [-0.4, -0.2) is 21.0 Å². The molecule has 0 aliphatic carbocycles. The Morgan fingerprint density at radius 3 is 3.00 bits per heavy atom. The Labute approximate surface area is 85.2 Å². The lowest BCUT2D eigenvalue weighted by Gasteiger charge is -1.87. The van der Waals surface area contributed by atoms with Crippen LogP contribution < -0.4 is 0 Å². The van der Waals surface area contributed by atoms with Crippen molar-refractivity contribution in [2.45, 2.75) is 11.3 Å². The fourth-order valence-corrected chi connectivity index (χ4v) is 2.24. The summed E-state index contributed by atoms with van der Waals surface area (Å²) in [4.78, 5) is 4.21. The first-order valence-electron chi connectivity index (χ1n) is 3.47. The van der Waals surface area contributed by atoms with Crippen LogP contribution in [-0.2, 0) is 0 Å². The van der Waals surface area contributed by atoms with E-state index in [0.29, 0.717) is 5.88 Å². The molecule has 0 atom stereocenters. The molecule has 5 heteroatoms. The topological polar surface area (TPSA) is 25.8 Å². The molecule has 0 saturated carbocycles. The molecule has 66 valence electrons. The van der Waals surface area contributed by atoms with Crippen molar-refractivity contribution in [3.8, 4) is 0 Å². The second-order valence-corrected chi connectivity index (χ2v) is 4.37. The smallest absolute Gasteiger partial charge is 0.170 e. The van der Waals surface area contributed by atoms with Gasteiger partial charge in [-0.15, -0.1) is 11.6 Å². The number of thioether (sulfide) groups is 1. The lowest BCUT2D eigenvalue weighted by Crippen LogP contribution is -1.74. The number of hydrogen-bond donors (Lipinski definition) is 0. The summed E-state index contributed by atoms with van der Waals surface area (Å²) in [6.45, 7) is 1.90. The van der Waals surface area contributed by atoms with Crippen LogP contribution in [0.1, 0.15) is 5.82 Å².